The third kappa shape index (κ3) is 13.0. The third-order valence-electron chi connectivity index (χ3n) is 6.36. The number of aryl methyl sites for hydroxylation is 1. The molecule has 2 N–H and O–H groups in total. The molecular weight excluding hydrogens is 440 g/mol. The number of unbranched alkanes of at least 4 members (excludes halogenated alkanes) is 10. The summed E-state index contributed by atoms with van der Waals surface area (Å²) >= 11 is 0. The predicted molar refractivity (Wildman–Crippen MR) is 140 cm³/mol. The van der Waals surface area contributed by atoms with Crippen LogP contribution in [0, 0.1) is 0 Å². The molecule has 0 aromatic heterocycles. The van der Waals surface area contributed by atoms with Crippen molar-refractivity contribution in [3.63, 3.8) is 0 Å². The lowest BCUT2D eigenvalue weighted by Crippen LogP contribution is -2.00. The Balaban J connectivity index is 1.85. The largest absolute Gasteiger partial charge is 0.481 e. The van der Waals surface area contributed by atoms with Gasteiger partial charge < -0.3 is 14.9 Å². The topological polar surface area (TPSA) is 83.8 Å². The van der Waals surface area contributed by atoms with E-state index in [0.29, 0.717) is 0 Å². The summed E-state index contributed by atoms with van der Waals surface area (Å²) in [6.07, 6.45) is 15.1. The van der Waals surface area contributed by atoms with Gasteiger partial charge in [-0.3, -0.25) is 9.59 Å². The van der Waals surface area contributed by atoms with E-state index >= 15 is 0 Å². The monoisotopic (exact) mass is 482 g/mol. The predicted octanol–water partition coefficient (Wildman–Crippen LogP) is 8.19. The van der Waals surface area contributed by atoms with Crippen LogP contribution in [-0.2, 0) is 22.4 Å². The quantitative estimate of drug-likeness (QED) is 0.186. The summed E-state index contributed by atoms with van der Waals surface area (Å²) in [5.41, 5.74) is 2.68. The molecular formula is C30H42O5. The standard InChI is InChI=1S/C30H42O5/c31-29(32)23-14-7-3-1-5-10-17-25-18-16-22-28(35-26-19-11-9-12-20-26)27(25)21-13-6-2-4-8-15-24-30(33)34/h9,11-12,16,18-20,22H,1-8,10,13-15,17,21,23-24H2,(H,31,32)(H,33,34). The number of hydrogen-bond acceptors (Lipinski definition) is 3. The number of aliphatic carboxylic acids is 2. The van der Waals surface area contributed by atoms with Crippen LogP contribution >= 0.6 is 0 Å². The zero-order chi connectivity index (χ0) is 25.1. The van der Waals surface area contributed by atoms with E-state index in [-0.39, 0.29) is 12.8 Å². The fourth-order valence-electron chi connectivity index (χ4n) is 4.42. The lowest BCUT2D eigenvalue weighted by atomic mass is 9.95. The van der Waals surface area contributed by atoms with E-state index in [1.165, 1.54) is 11.1 Å². The van der Waals surface area contributed by atoms with Crippen LogP contribution in [-0.4, -0.2) is 22.2 Å². The number of ether oxygens (including phenoxy) is 1. The SMILES string of the molecule is O=C(O)CCCCCCCCc1cccc(Oc2ccccc2)c1CCCCCCCCC(=O)O. The summed E-state index contributed by atoms with van der Waals surface area (Å²) < 4.78 is 6.27. The summed E-state index contributed by atoms with van der Waals surface area (Å²) in [5.74, 6) is 0.397. The number of carboxylic acid groups (broad SMARTS) is 2. The first-order valence-electron chi connectivity index (χ1n) is 13.3. The highest BCUT2D eigenvalue weighted by Gasteiger charge is 2.11. The lowest BCUT2D eigenvalue weighted by Gasteiger charge is -2.16. The van der Waals surface area contributed by atoms with Gasteiger partial charge >= 0.3 is 11.9 Å². The third-order valence-corrected chi connectivity index (χ3v) is 6.36. The molecule has 0 heterocycles. The van der Waals surface area contributed by atoms with Crippen molar-refractivity contribution in [3.8, 4) is 11.5 Å². The Bertz CT molecular complexity index is 862. The van der Waals surface area contributed by atoms with Crippen molar-refractivity contribution in [2.45, 2.75) is 103 Å². The van der Waals surface area contributed by atoms with Crippen LogP contribution in [0.15, 0.2) is 48.5 Å². The van der Waals surface area contributed by atoms with Crippen LogP contribution < -0.4 is 4.74 Å². The fraction of sp³-hybridized carbons (Fsp3) is 0.533. The minimum atomic E-state index is -0.703. The van der Waals surface area contributed by atoms with Gasteiger partial charge in [-0.05, 0) is 67.9 Å². The minimum Gasteiger partial charge on any atom is -0.481 e. The number of rotatable bonds is 20. The van der Waals surface area contributed by atoms with Crippen LogP contribution in [0.4, 0.5) is 0 Å². The number of benzene rings is 2. The Morgan fingerprint density at radius 2 is 1.09 bits per heavy atom. The maximum Gasteiger partial charge on any atom is 0.303 e. The van der Waals surface area contributed by atoms with Gasteiger partial charge in [0.25, 0.3) is 0 Å². The molecule has 0 radical (unpaired) electrons. The molecule has 0 aliphatic rings. The maximum absolute atomic E-state index is 10.6. The van der Waals surface area contributed by atoms with Crippen LogP contribution in [0.25, 0.3) is 0 Å². The second kappa shape index (κ2) is 17.6. The first-order valence-corrected chi connectivity index (χ1v) is 13.3. The zero-order valence-electron chi connectivity index (χ0n) is 21.1. The van der Waals surface area contributed by atoms with Gasteiger partial charge in [-0.1, -0.05) is 81.7 Å². The molecule has 0 bridgehead atoms. The van der Waals surface area contributed by atoms with E-state index in [4.69, 9.17) is 14.9 Å². The van der Waals surface area contributed by atoms with Crippen molar-refractivity contribution in [2.75, 3.05) is 0 Å². The van der Waals surface area contributed by atoms with Gasteiger partial charge in [0.05, 0.1) is 0 Å². The maximum atomic E-state index is 10.6. The van der Waals surface area contributed by atoms with Gasteiger partial charge in [0.1, 0.15) is 11.5 Å². The fourth-order valence-corrected chi connectivity index (χ4v) is 4.42. The highest BCUT2D eigenvalue weighted by Crippen LogP contribution is 2.30. The molecule has 192 valence electrons. The highest BCUT2D eigenvalue weighted by molar-refractivity contribution is 5.66. The van der Waals surface area contributed by atoms with E-state index in [0.717, 1.165) is 101 Å². The minimum absolute atomic E-state index is 0.274. The molecule has 0 aliphatic heterocycles. The molecule has 5 heteroatoms. The number of para-hydroxylation sites is 1. The average Bonchev–Trinajstić information content (AvgIpc) is 2.84. The molecule has 0 atom stereocenters. The zero-order valence-corrected chi connectivity index (χ0v) is 21.1. The molecule has 0 aliphatic carbocycles. The Morgan fingerprint density at radius 3 is 1.66 bits per heavy atom. The summed E-state index contributed by atoms with van der Waals surface area (Å²) in [5, 5.41) is 17.5. The second-order valence-corrected chi connectivity index (χ2v) is 9.34. The lowest BCUT2D eigenvalue weighted by molar-refractivity contribution is -0.138. The van der Waals surface area contributed by atoms with Gasteiger partial charge in [0, 0.05) is 12.8 Å². The van der Waals surface area contributed by atoms with E-state index < -0.39 is 11.9 Å². The van der Waals surface area contributed by atoms with Crippen LogP contribution in [0.2, 0.25) is 0 Å². The summed E-state index contributed by atoms with van der Waals surface area (Å²) in [7, 11) is 0. The van der Waals surface area contributed by atoms with E-state index in [1.54, 1.807) is 0 Å². The molecule has 0 amide bonds. The molecule has 0 saturated carbocycles. The first kappa shape index (κ1) is 28.4. The van der Waals surface area contributed by atoms with Crippen molar-refractivity contribution < 1.29 is 24.5 Å². The molecule has 35 heavy (non-hydrogen) atoms. The van der Waals surface area contributed by atoms with Gasteiger partial charge in [0.15, 0.2) is 0 Å². The Morgan fingerprint density at radius 1 is 0.571 bits per heavy atom. The molecule has 0 spiro atoms. The van der Waals surface area contributed by atoms with Gasteiger partial charge in [-0.15, -0.1) is 0 Å². The van der Waals surface area contributed by atoms with Gasteiger partial charge in [-0.25, -0.2) is 0 Å². The van der Waals surface area contributed by atoms with Crippen molar-refractivity contribution in [1.82, 2.24) is 0 Å². The van der Waals surface area contributed by atoms with Crippen molar-refractivity contribution >= 4 is 11.9 Å². The summed E-state index contributed by atoms with van der Waals surface area (Å²) in [4.78, 5) is 21.2. The Kier molecular flexibility index (Phi) is 14.3. The molecule has 0 fully saturated rings. The van der Waals surface area contributed by atoms with Crippen LogP contribution in [0.3, 0.4) is 0 Å². The van der Waals surface area contributed by atoms with Crippen molar-refractivity contribution in [1.29, 1.82) is 0 Å². The van der Waals surface area contributed by atoms with Crippen LogP contribution in [0.5, 0.6) is 11.5 Å². The Labute approximate surface area is 210 Å². The molecule has 5 nitrogen and oxygen atoms in total. The molecule has 2 aromatic rings. The molecule has 0 unspecified atom stereocenters. The highest BCUT2D eigenvalue weighted by atomic mass is 16.5. The normalized spacial score (nSPS) is 10.9. The van der Waals surface area contributed by atoms with E-state index in [1.807, 2.05) is 30.3 Å². The molecule has 2 aromatic carbocycles. The van der Waals surface area contributed by atoms with Gasteiger partial charge in [0.2, 0.25) is 0 Å². The van der Waals surface area contributed by atoms with Crippen molar-refractivity contribution in [2.24, 2.45) is 0 Å². The van der Waals surface area contributed by atoms with Gasteiger partial charge in [-0.2, -0.15) is 0 Å². The number of carbonyl (C=O) groups is 2. The van der Waals surface area contributed by atoms with E-state index in [2.05, 4.69) is 18.2 Å². The van der Waals surface area contributed by atoms with Crippen molar-refractivity contribution in [3.05, 3.63) is 59.7 Å². The summed E-state index contributed by atoms with van der Waals surface area (Å²) in [6, 6.07) is 16.3. The smallest absolute Gasteiger partial charge is 0.303 e. The first-order chi connectivity index (χ1) is 17.1. The summed E-state index contributed by atoms with van der Waals surface area (Å²) in [6.45, 7) is 0. The average molecular weight is 483 g/mol. The number of hydrogen-bond donors (Lipinski definition) is 2. The number of carboxylic acids is 2. The van der Waals surface area contributed by atoms with Crippen LogP contribution in [0.1, 0.15) is 101 Å². The second-order valence-electron chi connectivity index (χ2n) is 9.34. The molecule has 2 rings (SSSR count). The van der Waals surface area contributed by atoms with E-state index in [9.17, 15) is 9.59 Å². The molecule has 0 saturated heterocycles. The Hall–Kier alpha value is -2.82.